The fourth-order valence-electron chi connectivity index (χ4n) is 2.98. The Morgan fingerprint density at radius 1 is 1.00 bits per heavy atom. The van der Waals surface area contributed by atoms with Crippen molar-refractivity contribution in [3.8, 4) is 22.8 Å². The topological polar surface area (TPSA) is 87.7 Å². The zero-order valence-electron chi connectivity index (χ0n) is 16.4. The van der Waals surface area contributed by atoms with Gasteiger partial charge in [0, 0.05) is 24.2 Å². The lowest BCUT2D eigenvalue weighted by Crippen LogP contribution is -2.23. The van der Waals surface area contributed by atoms with Crippen molar-refractivity contribution in [3.63, 3.8) is 0 Å². The Kier molecular flexibility index (Phi) is 4.90. The van der Waals surface area contributed by atoms with E-state index in [9.17, 15) is 4.79 Å². The van der Waals surface area contributed by atoms with E-state index in [4.69, 9.17) is 4.74 Å². The second-order valence-electron chi connectivity index (χ2n) is 6.77. The van der Waals surface area contributed by atoms with Crippen LogP contribution in [-0.2, 0) is 13.7 Å². The highest BCUT2D eigenvalue weighted by atomic mass is 16.5. The second-order valence-corrected chi connectivity index (χ2v) is 6.77. The first-order valence-electron chi connectivity index (χ1n) is 9.12. The third-order valence-corrected chi connectivity index (χ3v) is 4.69. The third kappa shape index (κ3) is 3.77. The van der Waals surface area contributed by atoms with Crippen molar-refractivity contribution in [2.75, 3.05) is 0 Å². The van der Waals surface area contributed by atoms with Crippen LogP contribution in [0.3, 0.4) is 0 Å². The van der Waals surface area contributed by atoms with Gasteiger partial charge in [-0.1, -0.05) is 42.0 Å². The van der Waals surface area contributed by atoms with E-state index in [1.165, 1.54) is 21.3 Å². The average molecular weight is 388 g/mol. The summed E-state index contributed by atoms with van der Waals surface area (Å²) in [5.41, 5.74) is 5.09. The fourth-order valence-corrected chi connectivity index (χ4v) is 2.98. The first-order valence-corrected chi connectivity index (χ1v) is 9.12. The highest BCUT2D eigenvalue weighted by molar-refractivity contribution is 5.60. The van der Waals surface area contributed by atoms with Gasteiger partial charge in [0.25, 0.3) is 0 Å². The summed E-state index contributed by atoms with van der Waals surface area (Å²) in [6.07, 6.45) is 1.48. The number of hydrogen-bond donors (Lipinski definition) is 0. The van der Waals surface area contributed by atoms with E-state index in [1.807, 2.05) is 56.3 Å². The number of nitrogens with zero attached hydrogens (tertiary/aromatic N) is 6. The molecule has 0 bridgehead atoms. The van der Waals surface area contributed by atoms with Gasteiger partial charge in [-0.2, -0.15) is 9.36 Å². The summed E-state index contributed by atoms with van der Waals surface area (Å²) in [6, 6.07) is 15.6. The maximum absolute atomic E-state index is 12.3. The van der Waals surface area contributed by atoms with E-state index in [0.717, 1.165) is 22.4 Å². The van der Waals surface area contributed by atoms with E-state index >= 15 is 0 Å². The number of rotatable bonds is 5. The van der Waals surface area contributed by atoms with Crippen LogP contribution < -0.4 is 10.4 Å². The Hall–Kier alpha value is -3.81. The van der Waals surface area contributed by atoms with Crippen molar-refractivity contribution < 1.29 is 4.74 Å². The van der Waals surface area contributed by atoms with Gasteiger partial charge in [0.1, 0.15) is 12.9 Å². The zero-order valence-corrected chi connectivity index (χ0v) is 16.4. The number of ether oxygens (including phenoxy) is 1. The minimum Gasteiger partial charge on any atom is -0.473 e. The van der Waals surface area contributed by atoms with Gasteiger partial charge in [-0.25, -0.2) is 14.8 Å². The SMILES string of the molecule is Cc1ccc(-c2cc(OCc3c(C)cccc3-n3nnn(C)c3=O)ncn2)cc1. The Labute approximate surface area is 167 Å². The summed E-state index contributed by atoms with van der Waals surface area (Å²) >= 11 is 0. The molecule has 0 N–H and O–H groups in total. The highest BCUT2D eigenvalue weighted by Gasteiger charge is 2.14. The van der Waals surface area contributed by atoms with Crippen molar-refractivity contribution in [1.29, 1.82) is 0 Å². The van der Waals surface area contributed by atoms with Crippen LogP contribution in [0.2, 0.25) is 0 Å². The lowest BCUT2D eigenvalue weighted by molar-refractivity contribution is 0.292. The Morgan fingerprint density at radius 2 is 1.79 bits per heavy atom. The van der Waals surface area contributed by atoms with Gasteiger partial charge < -0.3 is 4.74 Å². The van der Waals surface area contributed by atoms with Crippen molar-refractivity contribution >= 4 is 0 Å². The summed E-state index contributed by atoms with van der Waals surface area (Å²) in [5, 5.41) is 7.73. The molecule has 2 heterocycles. The first kappa shape index (κ1) is 18.5. The van der Waals surface area contributed by atoms with E-state index in [-0.39, 0.29) is 12.3 Å². The second kappa shape index (κ2) is 7.67. The van der Waals surface area contributed by atoms with E-state index < -0.39 is 0 Å². The van der Waals surface area contributed by atoms with E-state index in [0.29, 0.717) is 11.6 Å². The predicted molar refractivity (Wildman–Crippen MR) is 108 cm³/mol. The standard InChI is InChI=1S/C21H20N6O2/c1-14-7-9-16(10-8-14)18-11-20(23-13-22-18)29-12-17-15(2)5-4-6-19(17)27-21(28)26(3)24-25-27/h4-11,13H,12H2,1-3H3. The molecule has 2 aromatic carbocycles. The molecular weight excluding hydrogens is 368 g/mol. The molecule has 146 valence electrons. The van der Waals surface area contributed by atoms with Crippen LogP contribution in [0.15, 0.2) is 59.7 Å². The van der Waals surface area contributed by atoms with Crippen LogP contribution in [0.25, 0.3) is 16.9 Å². The predicted octanol–water partition coefficient (Wildman–Crippen LogP) is 2.62. The first-order chi connectivity index (χ1) is 14.0. The van der Waals surface area contributed by atoms with Crippen LogP contribution in [0.1, 0.15) is 16.7 Å². The molecule has 0 unspecified atom stereocenters. The minimum absolute atomic E-state index is 0.232. The number of benzene rings is 2. The molecule has 0 aliphatic heterocycles. The van der Waals surface area contributed by atoms with Crippen molar-refractivity contribution in [2.24, 2.45) is 7.05 Å². The largest absolute Gasteiger partial charge is 0.473 e. The van der Waals surface area contributed by atoms with Gasteiger partial charge in [-0.05, 0) is 35.9 Å². The maximum atomic E-state index is 12.3. The molecule has 0 aliphatic rings. The fraction of sp³-hybridized carbons (Fsp3) is 0.190. The number of aromatic nitrogens is 6. The molecule has 0 atom stereocenters. The van der Waals surface area contributed by atoms with Gasteiger partial charge in [0.15, 0.2) is 0 Å². The summed E-state index contributed by atoms with van der Waals surface area (Å²) in [6.45, 7) is 4.23. The van der Waals surface area contributed by atoms with Gasteiger partial charge in [0.05, 0.1) is 11.4 Å². The number of aryl methyl sites for hydroxylation is 3. The highest BCUT2D eigenvalue weighted by Crippen LogP contribution is 2.22. The molecule has 0 spiro atoms. The summed E-state index contributed by atoms with van der Waals surface area (Å²) < 4.78 is 8.40. The summed E-state index contributed by atoms with van der Waals surface area (Å²) in [5.74, 6) is 0.455. The Bertz CT molecular complexity index is 1210. The molecule has 0 radical (unpaired) electrons. The molecule has 4 aromatic rings. The lowest BCUT2D eigenvalue weighted by atomic mass is 10.1. The molecule has 0 saturated heterocycles. The molecule has 0 amide bonds. The Morgan fingerprint density at radius 3 is 2.52 bits per heavy atom. The maximum Gasteiger partial charge on any atom is 0.368 e. The van der Waals surface area contributed by atoms with Gasteiger partial charge in [-0.15, -0.1) is 0 Å². The van der Waals surface area contributed by atoms with E-state index in [2.05, 4.69) is 20.4 Å². The number of hydrogen-bond acceptors (Lipinski definition) is 6. The monoisotopic (exact) mass is 388 g/mol. The molecular formula is C21H20N6O2. The molecule has 0 fully saturated rings. The normalized spacial score (nSPS) is 10.9. The summed E-state index contributed by atoms with van der Waals surface area (Å²) in [4.78, 5) is 20.8. The van der Waals surface area contributed by atoms with Crippen LogP contribution >= 0.6 is 0 Å². The molecule has 4 rings (SSSR count). The van der Waals surface area contributed by atoms with Gasteiger partial charge in [-0.3, -0.25) is 0 Å². The van der Waals surface area contributed by atoms with Crippen LogP contribution in [0.4, 0.5) is 0 Å². The average Bonchev–Trinajstić information content (AvgIpc) is 3.06. The lowest BCUT2D eigenvalue weighted by Gasteiger charge is -2.12. The Balaban J connectivity index is 1.62. The number of tetrazole rings is 1. The van der Waals surface area contributed by atoms with Gasteiger partial charge in [0.2, 0.25) is 5.88 Å². The summed E-state index contributed by atoms with van der Waals surface area (Å²) in [7, 11) is 1.56. The smallest absolute Gasteiger partial charge is 0.368 e. The molecule has 0 aliphatic carbocycles. The van der Waals surface area contributed by atoms with Crippen LogP contribution in [-0.4, -0.2) is 29.8 Å². The zero-order chi connectivity index (χ0) is 20.4. The van der Waals surface area contributed by atoms with E-state index in [1.54, 1.807) is 13.1 Å². The minimum atomic E-state index is -0.319. The van der Waals surface area contributed by atoms with Gasteiger partial charge >= 0.3 is 5.69 Å². The molecule has 0 saturated carbocycles. The van der Waals surface area contributed by atoms with Crippen LogP contribution in [0.5, 0.6) is 5.88 Å². The molecule has 2 aromatic heterocycles. The quantitative estimate of drug-likeness (QED) is 0.522. The van der Waals surface area contributed by atoms with Crippen molar-refractivity contribution in [1.82, 2.24) is 29.8 Å². The van der Waals surface area contributed by atoms with Crippen molar-refractivity contribution in [3.05, 3.63) is 82.0 Å². The molecule has 8 nitrogen and oxygen atoms in total. The van der Waals surface area contributed by atoms with Crippen LogP contribution in [0, 0.1) is 13.8 Å². The van der Waals surface area contributed by atoms with Crippen molar-refractivity contribution in [2.45, 2.75) is 20.5 Å². The molecule has 29 heavy (non-hydrogen) atoms. The molecule has 8 heteroatoms. The third-order valence-electron chi connectivity index (χ3n) is 4.69.